The first-order chi connectivity index (χ1) is 10.0. The molecule has 7 nitrogen and oxygen atoms in total. The Bertz CT molecular complexity index is 452. The van der Waals surface area contributed by atoms with Gasteiger partial charge in [0.05, 0.1) is 6.54 Å². The number of nitrogens with zero attached hydrogens (tertiary/aromatic N) is 1. The molecule has 126 valence electrons. The molecule has 2 amide bonds. The second kappa shape index (κ2) is 8.53. The van der Waals surface area contributed by atoms with E-state index in [0.717, 1.165) is 0 Å². The van der Waals surface area contributed by atoms with Crippen molar-refractivity contribution >= 4 is 17.8 Å². The van der Waals surface area contributed by atoms with Crippen molar-refractivity contribution in [3.63, 3.8) is 0 Å². The molecule has 1 atom stereocenters. The van der Waals surface area contributed by atoms with Crippen LogP contribution in [-0.4, -0.2) is 61.0 Å². The van der Waals surface area contributed by atoms with Crippen LogP contribution in [0.2, 0.25) is 0 Å². The van der Waals surface area contributed by atoms with Crippen LogP contribution in [0.1, 0.15) is 27.7 Å². The zero-order valence-corrected chi connectivity index (χ0v) is 14.2. The van der Waals surface area contributed by atoms with Gasteiger partial charge in [0, 0.05) is 19.2 Å². The normalized spacial score (nSPS) is 13.5. The number of carboxylic acid groups (broad SMARTS) is 1. The van der Waals surface area contributed by atoms with Crippen molar-refractivity contribution in [2.24, 2.45) is 5.41 Å². The molecule has 0 aromatic heterocycles. The van der Waals surface area contributed by atoms with E-state index >= 15 is 0 Å². The fraction of sp³-hybridized carbons (Fsp3) is 0.667. The van der Waals surface area contributed by atoms with Gasteiger partial charge in [0.25, 0.3) is 0 Å². The lowest BCUT2D eigenvalue weighted by molar-refractivity contribution is -0.137. The number of amides is 2. The smallest absolute Gasteiger partial charge is 0.331 e. The molecule has 0 aromatic carbocycles. The van der Waals surface area contributed by atoms with Crippen molar-refractivity contribution in [2.45, 2.75) is 33.7 Å². The third-order valence-corrected chi connectivity index (χ3v) is 3.14. The SMILES string of the molecule is CNCC(=O)NC(C(=O)N(C)C/C=C(\C)C(=O)O)C(C)(C)C. The summed E-state index contributed by atoms with van der Waals surface area (Å²) in [5.74, 6) is -1.54. The molecular formula is C15H27N3O4. The van der Waals surface area contributed by atoms with Crippen LogP contribution in [0.15, 0.2) is 11.6 Å². The average Bonchev–Trinajstić information content (AvgIpc) is 2.39. The monoisotopic (exact) mass is 313 g/mol. The molecule has 0 aliphatic carbocycles. The Morgan fingerprint density at radius 1 is 1.27 bits per heavy atom. The quantitative estimate of drug-likeness (QED) is 0.584. The largest absolute Gasteiger partial charge is 0.478 e. The van der Waals surface area contributed by atoms with Gasteiger partial charge in [-0.05, 0) is 19.4 Å². The summed E-state index contributed by atoms with van der Waals surface area (Å²) in [4.78, 5) is 36.4. The Hall–Kier alpha value is -1.89. The van der Waals surface area contributed by atoms with Crippen LogP contribution in [0.5, 0.6) is 0 Å². The lowest BCUT2D eigenvalue weighted by atomic mass is 9.85. The van der Waals surface area contributed by atoms with E-state index in [1.807, 2.05) is 20.8 Å². The number of nitrogens with one attached hydrogen (secondary N) is 2. The van der Waals surface area contributed by atoms with Crippen LogP contribution < -0.4 is 10.6 Å². The third kappa shape index (κ3) is 6.71. The van der Waals surface area contributed by atoms with Crippen LogP contribution in [0, 0.1) is 5.41 Å². The standard InChI is InChI=1S/C15H27N3O4/c1-10(14(21)22)7-8-18(6)13(20)12(15(2,3)4)17-11(19)9-16-5/h7,12,16H,8-9H2,1-6H3,(H,17,19)(H,21,22)/b10-7+. The van der Waals surface area contributed by atoms with Crippen molar-refractivity contribution < 1.29 is 19.5 Å². The van der Waals surface area contributed by atoms with E-state index in [0.29, 0.717) is 0 Å². The van der Waals surface area contributed by atoms with E-state index in [-0.39, 0.29) is 30.5 Å². The number of rotatable bonds is 7. The van der Waals surface area contributed by atoms with Gasteiger partial charge >= 0.3 is 5.97 Å². The number of carbonyl (C=O) groups is 3. The predicted molar refractivity (Wildman–Crippen MR) is 84.3 cm³/mol. The molecule has 0 aromatic rings. The molecule has 7 heteroatoms. The molecule has 0 aliphatic rings. The third-order valence-electron chi connectivity index (χ3n) is 3.14. The molecule has 3 N–H and O–H groups in total. The first-order valence-electron chi connectivity index (χ1n) is 7.09. The van der Waals surface area contributed by atoms with E-state index < -0.39 is 17.4 Å². The molecule has 0 fully saturated rings. The minimum Gasteiger partial charge on any atom is -0.478 e. The second-order valence-corrected chi connectivity index (χ2v) is 6.31. The Morgan fingerprint density at radius 3 is 2.23 bits per heavy atom. The molecule has 1 unspecified atom stereocenters. The molecule has 0 radical (unpaired) electrons. The summed E-state index contributed by atoms with van der Waals surface area (Å²) in [5, 5.41) is 14.3. The maximum absolute atomic E-state index is 12.5. The van der Waals surface area contributed by atoms with Gasteiger partial charge in [-0.2, -0.15) is 0 Å². The number of hydrogen-bond donors (Lipinski definition) is 3. The van der Waals surface area contributed by atoms with E-state index in [1.54, 1.807) is 14.1 Å². The Kier molecular flexibility index (Phi) is 7.80. The molecule has 0 rings (SSSR count). The van der Waals surface area contributed by atoms with Crippen LogP contribution in [0.4, 0.5) is 0 Å². The molecule has 0 saturated heterocycles. The molecular weight excluding hydrogens is 286 g/mol. The highest BCUT2D eigenvalue weighted by molar-refractivity contribution is 5.89. The van der Waals surface area contributed by atoms with Gasteiger partial charge in [0.2, 0.25) is 11.8 Å². The molecule has 0 aliphatic heterocycles. The summed E-state index contributed by atoms with van der Waals surface area (Å²) in [5.41, 5.74) is -0.286. The minimum absolute atomic E-state index is 0.127. The lowest BCUT2D eigenvalue weighted by Crippen LogP contribution is -2.55. The predicted octanol–water partition coefficient (Wildman–Crippen LogP) is 0.226. The van der Waals surface area contributed by atoms with Crippen molar-refractivity contribution in [1.29, 1.82) is 0 Å². The van der Waals surface area contributed by atoms with Gasteiger partial charge in [-0.25, -0.2) is 4.79 Å². The number of hydrogen-bond acceptors (Lipinski definition) is 4. The number of carbonyl (C=O) groups excluding carboxylic acids is 2. The van der Waals surface area contributed by atoms with Crippen LogP contribution in [0.3, 0.4) is 0 Å². The lowest BCUT2D eigenvalue weighted by Gasteiger charge is -2.33. The Balaban J connectivity index is 5.00. The highest BCUT2D eigenvalue weighted by Gasteiger charge is 2.34. The summed E-state index contributed by atoms with van der Waals surface area (Å²) in [6, 6.07) is -0.683. The van der Waals surface area contributed by atoms with Crippen molar-refractivity contribution in [3.05, 3.63) is 11.6 Å². The van der Waals surface area contributed by atoms with Crippen molar-refractivity contribution in [3.8, 4) is 0 Å². The van der Waals surface area contributed by atoms with Crippen LogP contribution in [-0.2, 0) is 14.4 Å². The molecule has 22 heavy (non-hydrogen) atoms. The van der Waals surface area contributed by atoms with Crippen molar-refractivity contribution in [1.82, 2.24) is 15.5 Å². The van der Waals surface area contributed by atoms with Gasteiger partial charge in [-0.1, -0.05) is 26.8 Å². The topological polar surface area (TPSA) is 98.7 Å². The fourth-order valence-electron chi connectivity index (χ4n) is 1.69. The van der Waals surface area contributed by atoms with E-state index in [2.05, 4.69) is 10.6 Å². The maximum Gasteiger partial charge on any atom is 0.331 e. The minimum atomic E-state index is -1.02. The second-order valence-electron chi connectivity index (χ2n) is 6.31. The molecule has 0 spiro atoms. The summed E-state index contributed by atoms with van der Waals surface area (Å²) in [7, 11) is 3.23. The van der Waals surface area contributed by atoms with Gasteiger partial charge in [-0.3, -0.25) is 9.59 Å². The average molecular weight is 313 g/mol. The number of carboxylic acids is 1. The van der Waals surface area contributed by atoms with Crippen LogP contribution in [0.25, 0.3) is 0 Å². The Labute approximate surface area is 131 Å². The first kappa shape index (κ1) is 20.1. The van der Waals surface area contributed by atoms with Crippen molar-refractivity contribution in [2.75, 3.05) is 27.2 Å². The zero-order valence-electron chi connectivity index (χ0n) is 14.2. The maximum atomic E-state index is 12.5. The number of aliphatic carboxylic acids is 1. The fourth-order valence-corrected chi connectivity index (χ4v) is 1.69. The Morgan fingerprint density at radius 2 is 1.82 bits per heavy atom. The summed E-state index contributed by atoms with van der Waals surface area (Å²) in [6.07, 6.45) is 1.47. The zero-order chi connectivity index (χ0) is 17.5. The number of likely N-dealkylation sites (N-methyl/N-ethyl adjacent to an activating group) is 2. The van der Waals surface area contributed by atoms with Gasteiger partial charge in [0.1, 0.15) is 6.04 Å². The van der Waals surface area contributed by atoms with Gasteiger partial charge in [0.15, 0.2) is 0 Å². The van der Waals surface area contributed by atoms with Crippen LogP contribution >= 0.6 is 0 Å². The first-order valence-corrected chi connectivity index (χ1v) is 7.09. The summed E-state index contributed by atoms with van der Waals surface area (Å²) >= 11 is 0. The molecule has 0 heterocycles. The van der Waals surface area contributed by atoms with Gasteiger partial charge in [-0.15, -0.1) is 0 Å². The summed E-state index contributed by atoms with van der Waals surface area (Å²) in [6.45, 7) is 7.35. The molecule has 0 saturated carbocycles. The highest BCUT2D eigenvalue weighted by atomic mass is 16.4. The molecule has 0 bridgehead atoms. The van der Waals surface area contributed by atoms with E-state index in [9.17, 15) is 14.4 Å². The van der Waals surface area contributed by atoms with E-state index in [1.165, 1.54) is 17.9 Å². The highest BCUT2D eigenvalue weighted by Crippen LogP contribution is 2.21. The van der Waals surface area contributed by atoms with E-state index in [4.69, 9.17) is 5.11 Å². The van der Waals surface area contributed by atoms with Gasteiger partial charge < -0.3 is 20.6 Å². The summed E-state index contributed by atoms with van der Waals surface area (Å²) < 4.78 is 0.